The predicted octanol–water partition coefficient (Wildman–Crippen LogP) is 2.09. The number of carbonyl (C=O) groups is 1. The van der Waals surface area contributed by atoms with Crippen LogP contribution in [0.2, 0.25) is 0 Å². The molecule has 0 saturated carbocycles. The highest BCUT2D eigenvalue weighted by atomic mass is 79.9. The quantitative estimate of drug-likeness (QED) is 0.811. The van der Waals surface area contributed by atoms with Gasteiger partial charge in [0.05, 0.1) is 7.05 Å². The van der Waals surface area contributed by atoms with E-state index in [4.69, 9.17) is 0 Å². The molecule has 22 heavy (non-hydrogen) atoms. The Morgan fingerprint density at radius 3 is 2.50 bits per heavy atom. The molecule has 0 aliphatic heterocycles. The molecule has 0 fully saturated rings. The minimum absolute atomic E-state index is 0.0814. The van der Waals surface area contributed by atoms with Crippen LogP contribution in [0.5, 0.6) is 0 Å². The van der Waals surface area contributed by atoms with Crippen molar-refractivity contribution < 1.29 is 9.69 Å². The lowest BCUT2D eigenvalue weighted by Gasteiger charge is -2.14. The highest BCUT2D eigenvalue weighted by Gasteiger charge is 2.10. The molecule has 4 heteroatoms. The van der Waals surface area contributed by atoms with E-state index in [0.29, 0.717) is 13.1 Å². The van der Waals surface area contributed by atoms with E-state index in [1.807, 2.05) is 37.4 Å². The molecule has 0 aromatic heterocycles. The Bertz CT molecular complexity index is 625. The van der Waals surface area contributed by atoms with E-state index in [-0.39, 0.29) is 5.91 Å². The summed E-state index contributed by atoms with van der Waals surface area (Å²) in [7, 11) is 2.04. The standard InChI is InChI=1S/C18H21BrN2O/c1-14-5-3-4-6-16(14)11-20-18(22)13-21(2)12-15-7-9-17(19)10-8-15/h3-10H,11-13H2,1-2H3,(H,20,22)/p+1. The summed E-state index contributed by atoms with van der Waals surface area (Å²) in [6, 6.07) is 16.3. The number of nitrogens with one attached hydrogen (secondary N) is 2. The molecule has 0 aliphatic carbocycles. The molecule has 2 N–H and O–H groups in total. The fourth-order valence-electron chi connectivity index (χ4n) is 2.35. The van der Waals surface area contributed by atoms with Crippen LogP contribution in [0.15, 0.2) is 53.0 Å². The summed E-state index contributed by atoms with van der Waals surface area (Å²) in [6.07, 6.45) is 0. The van der Waals surface area contributed by atoms with Gasteiger partial charge in [-0.3, -0.25) is 4.79 Å². The van der Waals surface area contributed by atoms with Crippen LogP contribution in [-0.4, -0.2) is 19.5 Å². The van der Waals surface area contributed by atoms with Crippen molar-refractivity contribution in [3.63, 3.8) is 0 Å². The molecule has 0 aliphatic rings. The monoisotopic (exact) mass is 361 g/mol. The van der Waals surface area contributed by atoms with Gasteiger partial charge in [-0.2, -0.15) is 0 Å². The number of aryl methyl sites for hydroxylation is 1. The largest absolute Gasteiger partial charge is 0.347 e. The lowest BCUT2D eigenvalue weighted by atomic mass is 10.1. The summed E-state index contributed by atoms with van der Waals surface area (Å²) < 4.78 is 1.07. The average molecular weight is 362 g/mol. The van der Waals surface area contributed by atoms with Crippen LogP contribution in [0.3, 0.4) is 0 Å². The number of hydrogen-bond donors (Lipinski definition) is 2. The zero-order valence-electron chi connectivity index (χ0n) is 13.0. The number of quaternary nitrogens is 1. The van der Waals surface area contributed by atoms with Crippen molar-refractivity contribution in [1.82, 2.24) is 5.32 Å². The molecule has 0 radical (unpaired) electrons. The molecule has 0 spiro atoms. The van der Waals surface area contributed by atoms with Crippen LogP contribution >= 0.6 is 15.9 Å². The van der Waals surface area contributed by atoms with Gasteiger partial charge in [0, 0.05) is 16.6 Å². The number of carbonyl (C=O) groups excluding carboxylic acids is 1. The molecule has 0 heterocycles. The normalized spacial score (nSPS) is 12.0. The third kappa shape index (κ3) is 5.28. The Morgan fingerprint density at radius 2 is 1.82 bits per heavy atom. The number of likely N-dealkylation sites (N-methyl/N-ethyl adjacent to an activating group) is 1. The van der Waals surface area contributed by atoms with Crippen molar-refractivity contribution >= 4 is 21.8 Å². The molecule has 3 nitrogen and oxygen atoms in total. The molecule has 116 valence electrons. The lowest BCUT2D eigenvalue weighted by Crippen LogP contribution is -3.08. The van der Waals surface area contributed by atoms with Crippen LogP contribution < -0.4 is 10.2 Å². The maximum Gasteiger partial charge on any atom is 0.275 e. The Morgan fingerprint density at radius 1 is 1.14 bits per heavy atom. The molecule has 2 aromatic rings. The van der Waals surface area contributed by atoms with Crippen LogP contribution in [0.4, 0.5) is 0 Å². The van der Waals surface area contributed by atoms with E-state index in [1.165, 1.54) is 21.6 Å². The van der Waals surface area contributed by atoms with Crippen LogP contribution in [0.25, 0.3) is 0 Å². The van der Waals surface area contributed by atoms with Gasteiger partial charge in [0.2, 0.25) is 0 Å². The maximum absolute atomic E-state index is 12.0. The number of rotatable bonds is 6. The second-order valence-electron chi connectivity index (χ2n) is 5.64. The molecule has 2 aromatic carbocycles. The lowest BCUT2D eigenvalue weighted by molar-refractivity contribution is -0.885. The van der Waals surface area contributed by atoms with Crippen molar-refractivity contribution in [3.05, 3.63) is 69.7 Å². The second-order valence-corrected chi connectivity index (χ2v) is 6.56. The minimum Gasteiger partial charge on any atom is -0.347 e. The van der Waals surface area contributed by atoms with E-state index < -0.39 is 0 Å². The van der Waals surface area contributed by atoms with Crippen LogP contribution in [0.1, 0.15) is 16.7 Å². The first-order valence-electron chi connectivity index (χ1n) is 7.41. The zero-order valence-corrected chi connectivity index (χ0v) is 14.6. The highest BCUT2D eigenvalue weighted by molar-refractivity contribution is 9.10. The van der Waals surface area contributed by atoms with Gasteiger partial charge in [-0.25, -0.2) is 0 Å². The summed E-state index contributed by atoms with van der Waals surface area (Å²) in [5, 5.41) is 3.00. The van der Waals surface area contributed by atoms with Crippen LogP contribution in [-0.2, 0) is 17.9 Å². The van der Waals surface area contributed by atoms with E-state index in [2.05, 4.69) is 46.4 Å². The molecular formula is C18H22BrN2O+. The Hall–Kier alpha value is -1.65. The summed E-state index contributed by atoms with van der Waals surface area (Å²) in [5.74, 6) is 0.0814. The first-order valence-corrected chi connectivity index (χ1v) is 8.21. The van der Waals surface area contributed by atoms with Crippen molar-refractivity contribution in [1.29, 1.82) is 0 Å². The number of hydrogen-bond acceptors (Lipinski definition) is 1. The predicted molar refractivity (Wildman–Crippen MR) is 92.6 cm³/mol. The molecule has 0 saturated heterocycles. The summed E-state index contributed by atoms with van der Waals surface area (Å²) >= 11 is 3.43. The van der Waals surface area contributed by atoms with Crippen molar-refractivity contribution in [2.45, 2.75) is 20.0 Å². The first-order chi connectivity index (χ1) is 10.5. The topological polar surface area (TPSA) is 33.5 Å². The molecule has 1 amide bonds. The Labute approximate surface area is 140 Å². The van der Waals surface area contributed by atoms with Gasteiger partial charge < -0.3 is 10.2 Å². The van der Waals surface area contributed by atoms with Gasteiger partial charge in [0.1, 0.15) is 6.54 Å². The van der Waals surface area contributed by atoms with Gasteiger partial charge in [0.25, 0.3) is 5.91 Å². The molecular weight excluding hydrogens is 340 g/mol. The average Bonchev–Trinajstić information content (AvgIpc) is 2.49. The Balaban J connectivity index is 1.79. The van der Waals surface area contributed by atoms with E-state index in [0.717, 1.165) is 11.0 Å². The first kappa shape index (κ1) is 16.7. The number of halogens is 1. The minimum atomic E-state index is 0.0814. The summed E-state index contributed by atoms with van der Waals surface area (Å²) in [6.45, 7) is 3.97. The van der Waals surface area contributed by atoms with E-state index >= 15 is 0 Å². The third-order valence-corrected chi connectivity index (χ3v) is 4.15. The third-order valence-electron chi connectivity index (χ3n) is 3.62. The van der Waals surface area contributed by atoms with Crippen molar-refractivity contribution in [3.8, 4) is 0 Å². The Kier molecular flexibility index (Phi) is 6.16. The second kappa shape index (κ2) is 8.11. The highest BCUT2D eigenvalue weighted by Crippen LogP contribution is 2.09. The SMILES string of the molecule is Cc1ccccc1CNC(=O)C[NH+](C)Cc1ccc(Br)cc1. The molecule has 1 atom stereocenters. The van der Waals surface area contributed by atoms with Crippen molar-refractivity contribution in [2.24, 2.45) is 0 Å². The molecule has 2 rings (SSSR count). The summed E-state index contributed by atoms with van der Waals surface area (Å²) in [5.41, 5.74) is 3.60. The van der Waals surface area contributed by atoms with Gasteiger partial charge in [-0.1, -0.05) is 52.3 Å². The number of benzene rings is 2. The summed E-state index contributed by atoms with van der Waals surface area (Å²) in [4.78, 5) is 13.2. The number of amides is 1. The smallest absolute Gasteiger partial charge is 0.275 e. The molecule has 1 unspecified atom stereocenters. The van der Waals surface area contributed by atoms with Gasteiger partial charge in [0.15, 0.2) is 6.54 Å². The molecule has 0 bridgehead atoms. The van der Waals surface area contributed by atoms with Crippen LogP contribution in [0, 0.1) is 6.92 Å². The maximum atomic E-state index is 12.0. The fraction of sp³-hybridized carbons (Fsp3) is 0.278. The van der Waals surface area contributed by atoms with Gasteiger partial charge in [-0.05, 0) is 30.2 Å². The zero-order chi connectivity index (χ0) is 15.9. The van der Waals surface area contributed by atoms with E-state index in [9.17, 15) is 4.79 Å². The van der Waals surface area contributed by atoms with E-state index in [1.54, 1.807) is 0 Å². The fourth-order valence-corrected chi connectivity index (χ4v) is 2.62. The van der Waals surface area contributed by atoms with Gasteiger partial charge in [-0.15, -0.1) is 0 Å². The van der Waals surface area contributed by atoms with Crippen molar-refractivity contribution in [2.75, 3.05) is 13.6 Å². The van der Waals surface area contributed by atoms with Gasteiger partial charge >= 0.3 is 0 Å².